The summed E-state index contributed by atoms with van der Waals surface area (Å²) in [6.45, 7) is 0. The second kappa shape index (κ2) is 4.99. The van der Waals surface area contributed by atoms with Crippen molar-refractivity contribution >= 4 is 59.9 Å². The summed E-state index contributed by atoms with van der Waals surface area (Å²) < 4.78 is 14.7. The predicted molar refractivity (Wildman–Crippen MR) is 79.6 cm³/mol. The van der Waals surface area contributed by atoms with Crippen LogP contribution in [0.25, 0.3) is 10.2 Å². The van der Waals surface area contributed by atoms with E-state index in [0.29, 0.717) is 20.2 Å². The molecule has 0 fully saturated rings. The van der Waals surface area contributed by atoms with Crippen LogP contribution in [0.3, 0.4) is 0 Å². The second-order valence-electron chi connectivity index (χ2n) is 3.69. The molecular formula is C12H6BrFN2OS2. The molecule has 1 aromatic carbocycles. The minimum atomic E-state index is -0.309. The number of thiophene rings is 1. The molecule has 1 amide bonds. The first kappa shape index (κ1) is 12.7. The van der Waals surface area contributed by atoms with Gasteiger partial charge in [-0.2, -0.15) is 0 Å². The Labute approximate surface area is 124 Å². The predicted octanol–water partition coefficient (Wildman–Crippen LogP) is 4.51. The monoisotopic (exact) mass is 356 g/mol. The summed E-state index contributed by atoms with van der Waals surface area (Å²) in [4.78, 5) is 16.8. The molecule has 0 saturated carbocycles. The molecule has 0 aliphatic carbocycles. The number of nitrogens with zero attached hydrogens (tertiary/aromatic N) is 1. The van der Waals surface area contributed by atoms with Crippen molar-refractivity contribution in [3.05, 3.63) is 44.8 Å². The van der Waals surface area contributed by atoms with Gasteiger partial charge in [0, 0.05) is 0 Å². The number of rotatable bonds is 2. The maximum atomic E-state index is 13.1. The van der Waals surface area contributed by atoms with Crippen LogP contribution in [-0.4, -0.2) is 10.9 Å². The Morgan fingerprint density at radius 3 is 2.84 bits per heavy atom. The molecule has 3 nitrogen and oxygen atoms in total. The van der Waals surface area contributed by atoms with E-state index in [4.69, 9.17) is 0 Å². The van der Waals surface area contributed by atoms with Gasteiger partial charge in [-0.1, -0.05) is 11.3 Å². The van der Waals surface area contributed by atoms with E-state index >= 15 is 0 Å². The van der Waals surface area contributed by atoms with Crippen LogP contribution >= 0.6 is 38.6 Å². The van der Waals surface area contributed by atoms with Crippen LogP contribution < -0.4 is 5.32 Å². The first-order valence-corrected chi connectivity index (χ1v) is 7.67. The molecule has 0 radical (unpaired) electrons. The van der Waals surface area contributed by atoms with Crippen LogP contribution in [0.15, 0.2) is 34.1 Å². The first-order chi connectivity index (χ1) is 9.11. The topological polar surface area (TPSA) is 42.0 Å². The zero-order valence-electron chi connectivity index (χ0n) is 9.31. The Bertz CT molecular complexity index is 768. The molecule has 0 aliphatic heterocycles. The van der Waals surface area contributed by atoms with E-state index in [-0.39, 0.29) is 11.7 Å². The number of halogens is 2. The summed E-state index contributed by atoms with van der Waals surface area (Å²) >= 11 is 5.90. The number of aromatic nitrogens is 1. The summed E-state index contributed by atoms with van der Waals surface area (Å²) in [7, 11) is 0. The van der Waals surface area contributed by atoms with E-state index in [2.05, 4.69) is 26.2 Å². The quantitative estimate of drug-likeness (QED) is 0.733. The van der Waals surface area contributed by atoms with Crippen molar-refractivity contribution in [3.8, 4) is 0 Å². The third kappa shape index (κ3) is 2.68. The molecule has 0 aliphatic rings. The van der Waals surface area contributed by atoms with Gasteiger partial charge in [-0.15, -0.1) is 11.3 Å². The van der Waals surface area contributed by atoms with E-state index in [1.807, 2.05) is 6.07 Å². The lowest BCUT2D eigenvalue weighted by Crippen LogP contribution is -2.09. The molecule has 0 spiro atoms. The molecule has 0 bridgehead atoms. The van der Waals surface area contributed by atoms with Gasteiger partial charge in [0.1, 0.15) is 5.82 Å². The van der Waals surface area contributed by atoms with Crippen LogP contribution in [0.4, 0.5) is 9.52 Å². The van der Waals surface area contributed by atoms with E-state index < -0.39 is 0 Å². The lowest BCUT2D eigenvalue weighted by atomic mass is 10.3. The normalized spacial score (nSPS) is 10.8. The number of anilines is 1. The molecule has 2 heterocycles. The van der Waals surface area contributed by atoms with Crippen molar-refractivity contribution in [3.63, 3.8) is 0 Å². The van der Waals surface area contributed by atoms with Crippen molar-refractivity contribution in [2.45, 2.75) is 0 Å². The summed E-state index contributed by atoms with van der Waals surface area (Å²) in [6, 6.07) is 7.90. The number of fused-ring (bicyclic) bond motifs is 1. The third-order valence-electron chi connectivity index (χ3n) is 2.37. The van der Waals surface area contributed by atoms with Crippen molar-refractivity contribution in [2.75, 3.05) is 5.32 Å². The van der Waals surface area contributed by atoms with Gasteiger partial charge >= 0.3 is 0 Å². The summed E-state index contributed by atoms with van der Waals surface area (Å²) in [6.07, 6.45) is 0. The average molecular weight is 357 g/mol. The zero-order chi connectivity index (χ0) is 13.4. The first-order valence-electron chi connectivity index (χ1n) is 5.24. The molecule has 2 aromatic heterocycles. The molecule has 0 unspecified atom stereocenters. The summed E-state index contributed by atoms with van der Waals surface area (Å²) in [5, 5.41) is 3.18. The number of thiazole rings is 1. The average Bonchev–Trinajstić information content (AvgIpc) is 2.94. The maximum Gasteiger partial charge on any atom is 0.267 e. The minimum Gasteiger partial charge on any atom is -0.297 e. The van der Waals surface area contributed by atoms with Crippen LogP contribution in [-0.2, 0) is 0 Å². The van der Waals surface area contributed by atoms with Crippen LogP contribution in [0.5, 0.6) is 0 Å². The highest BCUT2D eigenvalue weighted by Crippen LogP contribution is 2.28. The van der Waals surface area contributed by atoms with Gasteiger partial charge in [0.15, 0.2) is 5.13 Å². The molecular weight excluding hydrogens is 351 g/mol. The third-order valence-corrected chi connectivity index (χ3v) is 4.92. The second-order valence-corrected chi connectivity index (χ2v) is 7.18. The maximum absolute atomic E-state index is 13.1. The Morgan fingerprint density at radius 1 is 1.26 bits per heavy atom. The highest BCUT2D eigenvalue weighted by Gasteiger charge is 2.12. The highest BCUT2D eigenvalue weighted by molar-refractivity contribution is 9.11. The van der Waals surface area contributed by atoms with Crippen LogP contribution in [0.1, 0.15) is 9.67 Å². The SMILES string of the molecule is O=C(Nc1nc2ccc(F)cc2s1)c1ccc(Br)s1. The lowest BCUT2D eigenvalue weighted by molar-refractivity contribution is 0.103. The number of nitrogens with one attached hydrogen (secondary N) is 1. The van der Waals surface area contributed by atoms with Gasteiger partial charge in [-0.3, -0.25) is 10.1 Å². The van der Waals surface area contributed by atoms with Crippen molar-refractivity contribution < 1.29 is 9.18 Å². The van der Waals surface area contributed by atoms with Crippen LogP contribution in [0.2, 0.25) is 0 Å². The van der Waals surface area contributed by atoms with Gasteiger partial charge in [-0.05, 0) is 46.3 Å². The Balaban J connectivity index is 1.87. The molecule has 3 rings (SSSR count). The van der Waals surface area contributed by atoms with Crippen molar-refractivity contribution in [2.24, 2.45) is 0 Å². The fraction of sp³-hybridized carbons (Fsp3) is 0. The Hall–Kier alpha value is -1.31. The fourth-order valence-corrected chi connectivity index (χ4v) is 3.71. The summed E-state index contributed by atoms with van der Waals surface area (Å²) in [5.41, 5.74) is 0.675. The van der Waals surface area contributed by atoms with Gasteiger partial charge in [0.05, 0.1) is 18.9 Å². The zero-order valence-corrected chi connectivity index (χ0v) is 12.5. The number of carbonyl (C=O) groups is 1. The molecule has 96 valence electrons. The smallest absolute Gasteiger partial charge is 0.267 e. The number of benzene rings is 1. The van der Waals surface area contributed by atoms with E-state index in [1.54, 1.807) is 12.1 Å². The van der Waals surface area contributed by atoms with Gasteiger partial charge in [-0.25, -0.2) is 9.37 Å². The molecule has 0 saturated heterocycles. The molecule has 1 N–H and O–H groups in total. The van der Waals surface area contributed by atoms with Crippen molar-refractivity contribution in [1.82, 2.24) is 4.98 Å². The lowest BCUT2D eigenvalue weighted by Gasteiger charge is -1.96. The largest absolute Gasteiger partial charge is 0.297 e. The Kier molecular flexibility index (Phi) is 3.34. The summed E-state index contributed by atoms with van der Waals surface area (Å²) in [5.74, 6) is -0.522. The number of hydrogen-bond acceptors (Lipinski definition) is 4. The molecule has 7 heteroatoms. The number of hydrogen-bond donors (Lipinski definition) is 1. The van der Waals surface area contributed by atoms with E-state index in [9.17, 15) is 9.18 Å². The van der Waals surface area contributed by atoms with Gasteiger partial charge in [0.25, 0.3) is 5.91 Å². The van der Waals surface area contributed by atoms with Crippen LogP contribution in [0, 0.1) is 5.82 Å². The highest BCUT2D eigenvalue weighted by atomic mass is 79.9. The number of carbonyl (C=O) groups excluding carboxylic acids is 1. The van der Waals surface area contributed by atoms with Crippen molar-refractivity contribution in [1.29, 1.82) is 0 Å². The molecule has 0 atom stereocenters. The fourth-order valence-electron chi connectivity index (χ4n) is 1.55. The van der Waals surface area contributed by atoms with E-state index in [0.717, 1.165) is 3.79 Å². The Morgan fingerprint density at radius 2 is 2.11 bits per heavy atom. The molecule has 19 heavy (non-hydrogen) atoms. The van der Waals surface area contributed by atoms with Gasteiger partial charge < -0.3 is 0 Å². The number of amides is 1. The standard InChI is InChI=1S/C12H6BrFN2OS2/c13-10-4-3-8(18-10)11(17)16-12-15-7-2-1-6(14)5-9(7)19-12/h1-5H,(H,15,16,17). The molecule has 3 aromatic rings. The minimum absolute atomic E-state index is 0.213. The van der Waals surface area contributed by atoms with E-state index in [1.165, 1.54) is 34.8 Å². The van der Waals surface area contributed by atoms with Gasteiger partial charge in [0.2, 0.25) is 0 Å².